The predicted molar refractivity (Wildman–Crippen MR) is 89.0 cm³/mol. The highest BCUT2D eigenvalue weighted by atomic mass is 35.5. The van der Waals surface area contributed by atoms with Gasteiger partial charge in [-0.15, -0.1) is 0 Å². The summed E-state index contributed by atoms with van der Waals surface area (Å²) in [6.45, 7) is 4.55. The molecule has 0 saturated heterocycles. The summed E-state index contributed by atoms with van der Waals surface area (Å²) in [4.78, 5) is 0. The van der Waals surface area contributed by atoms with Crippen molar-refractivity contribution in [2.45, 2.75) is 26.0 Å². The summed E-state index contributed by atoms with van der Waals surface area (Å²) < 4.78 is 0. The largest absolute Gasteiger partial charge is 0.387 e. The van der Waals surface area contributed by atoms with Gasteiger partial charge in [0.2, 0.25) is 0 Å². The van der Waals surface area contributed by atoms with Crippen LogP contribution in [-0.2, 0) is 0 Å². The van der Waals surface area contributed by atoms with Crippen LogP contribution < -0.4 is 5.32 Å². The van der Waals surface area contributed by atoms with Gasteiger partial charge >= 0.3 is 0 Å². The van der Waals surface area contributed by atoms with Gasteiger partial charge in [-0.2, -0.15) is 0 Å². The van der Waals surface area contributed by atoms with E-state index in [1.54, 1.807) is 18.2 Å². The van der Waals surface area contributed by atoms with Crippen molar-refractivity contribution < 1.29 is 5.11 Å². The molecule has 0 aliphatic carbocycles. The number of hydrogen-bond donors (Lipinski definition) is 2. The molecule has 0 saturated carbocycles. The molecule has 0 amide bonds. The first kappa shape index (κ1) is 16.3. The average molecular weight is 324 g/mol. The first-order valence-electron chi connectivity index (χ1n) is 6.90. The van der Waals surface area contributed by atoms with Crippen molar-refractivity contribution >= 4 is 23.2 Å². The minimum Gasteiger partial charge on any atom is -0.387 e. The summed E-state index contributed by atoms with van der Waals surface area (Å²) >= 11 is 12.0. The zero-order valence-corrected chi connectivity index (χ0v) is 13.6. The van der Waals surface area contributed by atoms with Crippen LogP contribution in [0.3, 0.4) is 0 Å². The lowest BCUT2D eigenvalue weighted by Gasteiger charge is -2.19. The number of hydrogen-bond acceptors (Lipinski definition) is 2. The van der Waals surface area contributed by atoms with E-state index in [4.69, 9.17) is 23.2 Å². The van der Waals surface area contributed by atoms with Crippen LogP contribution in [0.1, 0.15) is 35.8 Å². The first-order chi connectivity index (χ1) is 9.97. The number of benzene rings is 2. The van der Waals surface area contributed by atoms with E-state index in [2.05, 4.69) is 37.4 Å². The maximum atomic E-state index is 10.3. The Morgan fingerprint density at radius 1 is 1.14 bits per heavy atom. The summed E-state index contributed by atoms with van der Waals surface area (Å²) in [7, 11) is 0. The zero-order valence-electron chi connectivity index (χ0n) is 12.1. The molecule has 0 aliphatic heterocycles. The molecule has 2 N–H and O–H groups in total. The van der Waals surface area contributed by atoms with E-state index in [1.165, 1.54) is 11.1 Å². The Morgan fingerprint density at radius 2 is 1.90 bits per heavy atom. The topological polar surface area (TPSA) is 32.3 Å². The van der Waals surface area contributed by atoms with Crippen molar-refractivity contribution in [1.29, 1.82) is 0 Å². The van der Waals surface area contributed by atoms with Crippen molar-refractivity contribution in [3.8, 4) is 0 Å². The highest BCUT2D eigenvalue weighted by Crippen LogP contribution is 2.26. The summed E-state index contributed by atoms with van der Waals surface area (Å²) in [5, 5.41) is 14.7. The predicted octanol–water partition coefficient (Wildman–Crippen LogP) is 4.69. The van der Waals surface area contributed by atoms with Crippen LogP contribution in [0.25, 0.3) is 0 Å². The lowest BCUT2D eigenvalue weighted by atomic mass is 10.0. The highest BCUT2D eigenvalue weighted by Gasteiger charge is 2.14. The van der Waals surface area contributed by atoms with Crippen LogP contribution in [0.2, 0.25) is 10.0 Å². The van der Waals surface area contributed by atoms with Gasteiger partial charge in [0.1, 0.15) is 0 Å². The smallest absolute Gasteiger partial charge is 0.0929 e. The van der Waals surface area contributed by atoms with Crippen LogP contribution in [0.5, 0.6) is 0 Å². The lowest BCUT2D eigenvalue weighted by Crippen LogP contribution is -2.24. The molecular formula is C17H19Cl2NO. The van der Waals surface area contributed by atoms with Crippen LogP contribution in [0, 0.1) is 6.92 Å². The molecule has 21 heavy (non-hydrogen) atoms. The molecule has 0 spiro atoms. The molecule has 0 aliphatic rings. The van der Waals surface area contributed by atoms with Gasteiger partial charge in [0.05, 0.1) is 6.10 Å². The first-order valence-corrected chi connectivity index (χ1v) is 7.66. The fraction of sp³-hybridized carbons (Fsp3) is 0.294. The molecule has 0 heterocycles. The Morgan fingerprint density at radius 3 is 2.62 bits per heavy atom. The Kier molecular flexibility index (Phi) is 5.65. The maximum absolute atomic E-state index is 10.3. The molecule has 0 aromatic heterocycles. The molecule has 0 radical (unpaired) electrons. The van der Waals surface area contributed by atoms with Gasteiger partial charge in [0, 0.05) is 28.2 Å². The fourth-order valence-corrected chi connectivity index (χ4v) is 2.65. The van der Waals surface area contributed by atoms with E-state index < -0.39 is 6.10 Å². The van der Waals surface area contributed by atoms with E-state index in [0.29, 0.717) is 22.2 Å². The Labute approximate surface area is 135 Å². The highest BCUT2D eigenvalue weighted by molar-refractivity contribution is 6.33. The summed E-state index contributed by atoms with van der Waals surface area (Å²) in [5.74, 6) is 0. The molecule has 1 unspecified atom stereocenters. The maximum Gasteiger partial charge on any atom is 0.0929 e. The molecule has 0 bridgehead atoms. The zero-order chi connectivity index (χ0) is 15.4. The summed E-state index contributed by atoms with van der Waals surface area (Å²) in [6.07, 6.45) is -0.691. The molecule has 0 fully saturated rings. The van der Waals surface area contributed by atoms with Gasteiger partial charge in [-0.05, 0) is 37.6 Å². The molecule has 4 heteroatoms. The summed E-state index contributed by atoms with van der Waals surface area (Å²) in [6, 6.07) is 13.6. The number of halogens is 2. The van der Waals surface area contributed by atoms with Crippen molar-refractivity contribution in [1.82, 2.24) is 5.32 Å². The van der Waals surface area contributed by atoms with Gasteiger partial charge in [-0.1, -0.05) is 53.0 Å². The third-order valence-corrected chi connectivity index (χ3v) is 4.06. The van der Waals surface area contributed by atoms with Crippen LogP contribution in [-0.4, -0.2) is 11.7 Å². The fourth-order valence-electron chi connectivity index (χ4n) is 2.23. The van der Waals surface area contributed by atoms with Crippen molar-refractivity contribution in [2.75, 3.05) is 6.54 Å². The van der Waals surface area contributed by atoms with Gasteiger partial charge in [0.25, 0.3) is 0 Å². The minimum absolute atomic E-state index is 0.150. The molecule has 2 aromatic rings. The monoisotopic (exact) mass is 323 g/mol. The molecular weight excluding hydrogens is 305 g/mol. The van der Waals surface area contributed by atoms with Crippen molar-refractivity contribution in [3.05, 3.63) is 69.2 Å². The average Bonchev–Trinajstić information content (AvgIpc) is 2.47. The third kappa shape index (κ3) is 4.45. The molecule has 2 nitrogen and oxygen atoms in total. The summed E-state index contributed by atoms with van der Waals surface area (Å²) in [5.41, 5.74) is 3.06. The van der Waals surface area contributed by atoms with E-state index >= 15 is 0 Å². The second-order valence-corrected chi connectivity index (χ2v) is 6.07. The number of nitrogens with one attached hydrogen (secondary N) is 1. The molecule has 2 aromatic carbocycles. The lowest BCUT2D eigenvalue weighted by molar-refractivity contribution is 0.171. The van der Waals surface area contributed by atoms with E-state index in [-0.39, 0.29) is 6.04 Å². The quantitative estimate of drug-likeness (QED) is 0.836. The second kappa shape index (κ2) is 7.28. The molecule has 2 rings (SSSR count). The van der Waals surface area contributed by atoms with Crippen molar-refractivity contribution in [3.63, 3.8) is 0 Å². The number of rotatable bonds is 5. The number of aliphatic hydroxyl groups excluding tert-OH is 1. The van der Waals surface area contributed by atoms with E-state index in [1.807, 2.05) is 6.07 Å². The van der Waals surface area contributed by atoms with Crippen LogP contribution >= 0.6 is 23.2 Å². The van der Waals surface area contributed by atoms with E-state index in [9.17, 15) is 5.11 Å². The Balaban J connectivity index is 2.00. The molecule has 112 valence electrons. The molecule has 2 atom stereocenters. The second-order valence-electron chi connectivity index (χ2n) is 5.23. The van der Waals surface area contributed by atoms with E-state index in [0.717, 1.165) is 0 Å². The SMILES string of the molecule is Cc1cccc([C@H](C)NCC(O)c2cc(Cl)ccc2Cl)c1. The standard InChI is InChI=1S/C17H19Cl2NO/c1-11-4-3-5-13(8-11)12(2)20-10-17(21)15-9-14(18)6-7-16(15)19/h3-9,12,17,20-21H,10H2,1-2H3/t12-,17?/m0/s1. The van der Waals surface area contributed by atoms with Crippen LogP contribution in [0.15, 0.2) is 42.5 Å². The Bertz CT molecular complexity index is 615. The normalized spacial score (nSPS) is 14.0. The third-order valence-electron chi connectivity index (χ3n) is 3.48. The van der Waals surface area contributed by atoms with Gasteiger partial charge in [-0.3, -0.25) is 0 Å². The van der Waals surface area contributed by atoms with Gasteiger partial charge in [0.15, 0.2) is 0 Å². The van der Waals surface area contributed by atoms with Crippen LogP contribution in [0.4, 0.5) is 0 Å². The van der Waals surface area contributed by atoms with Crippen molar-refractivity contribution in [2.24, 2.45) is 0 Å². The Hall–Kier alpha value is -1.06. The number of aliphatic hydroxyl groups is 1. The van der Waals surface area contributed by atoms with Gasteiger partial charge < -0.3 is 10.4 Å². The number of aryl methyl sites for hydroxylation is 1. The van der Waals surface area contributed by atoms with Gasteiger partial charge in [-0.25, -0.2) is 0 Å². The minimum atomic E-state index is -0.691.